The van der Waals surface area contributed by atoms with E-state index >= 15 is 0 Å². The van der Waals surface area contributed by atoms with Crippen LogP contribution in [0.15, 0.2) is 0 Å². The lowest BCUT2D eigenvalue weighted by molar-refractivity contribution is -0.179. The maximum atomic E-state index is 12.0. The van der Waals surface area contributed by atoms with Crippen molar-refractivity contribution in [1.82, 2.24) is 0 Å². The first-order chi connectivity index (χ1) is 15.5. The van der Waals surface area contributed by atoms with Crippen molar-refractivity contribution >= 4 is 11.9 Å². The number of carboxylic acid groups (broad SMARTS) is 1. The predicted octanol–water partition coefficient (Wildman–Crippen LogP) is 8.99. The summed E-state index contributed by atoms with van der Waals surface area (Å²) < 4.78 is 5.30. The van der Waals surface area contributed by atoms with Crippen molar-refractivity contribution in [2.75, 3.05) is 0 Å². The molecule has 0 bridgehead atoms. The lowest BCUT2D eigenvalue weighted by Gasteiger charge is -2.26. The molecule has 190 valence electrons. The van der Waals surface area contributed by atoms with Crippen LogP contribution in [0.5, 0.6) is 0 Å². The van der Waals surface area contributed by atoms with Crippen molar-refractivity contribution in [1.29, 1.82) is 0 Å². The average Bonchev–Trinajstić information content (AvgIpc) is 2.78. The molecule has 0 amide bonds. The molecule has 0 heterocycles. The number of aliphatic carboxylic acids is 1. The average molecular weight is 455 g/mol. The molecule has 0 saturated heterocycles. The highest BCUT2D eigenvalue weighted by Crippen LogP contribution is 2.22. The van der Waals surface area contributed by atoms with Crippen LogP contribution >= 0.6 is 0 Å². The molecule has 0 saturated carbocycles. The Morgan fingerprint density at radius 1 is 0.562 bits per heavy atom. The van der Waals surface area contributed by atoms with Gasteiger partial charge in [-0.3, -0.25) is 4.79 Å². The van der Waals surface area contributed by atoms with E-state index in [-0.39, 0.29) is 5.97 Å². The van der Waals surface area contributed by atoms with Crippen LogP contribution < -0.4 is 0 Å². The van der Waals surface area contributed by atoms with Crippen molar-refractivity contribution in [3.8, 4) is 0 Å². The molecule has 0 aliphatic rings. The van der Waals surface area contributed by atoms with E-state index in [9.17, 15) is 14.7 Å². The molecule has 0 atom stereocenters. The number of hydrogen-bond acceptors (Lipinski definition) is 3. The molecule has 0 aromatic heterocycles. The van der Waals surface area contributed by atoms with Crippen LogP contribution in [0, 0.1) is 0 Å². The number of esters is 1. The SMILES string of the molecule is CCCCCCCCCCCCCCCCCCCCCC(=O)OC(CC)(CC)C(=O)O. The van der Waals surface area contributed by atoms with Crippen LogP contribution in [0.2, 0.25) is 0 Å². The first-order valence-electron chi connectivity index (χ1n) is 14.0. The van der Waals surface area contributed by atoms with E-state index in [0.717, 1.165) is 19.3 Å². The van der Waals surface area contributed by atoms with Crippen molar-refractivity contribution in [2.45, 2.75) is 168 Å². The van der Waals surface area contributed by atoms with E-state index in [0.29, 0.717) is 19.3 Å². The predicted molar refractivity (Wildman–Crippen MR) is 135 cm³/mol. The molecule has 0 aromatic carbocycles. The molecular weight excluding hydrogens is 400 g/mol. The van der Waals surface area contributed by atoms with Crippen molar-refractivity contribution in [3.63, 3.8) is 0 Å². The number of ether oxygens (including phenoxy) is 1. The van der Waals surface area contributed by atoms with Gasteiger partial charge < -0.3 is 9.84 Å². The van der Waals surface area contributed by atoms with Gasteiger partial charge in [-0.2, -0.15) is 0 Å². The van der Waals surface area contributed by atoms with Crippen LogP contribution in [0.1, 0.15) is 162 Å². The van der Waals surface area contributed by atoms with Crippen molar-refractivity contribution < 1.29 is 19.4 Å². The number of hydrogen-bond donors (Lipinski definition) is 1. The lowest BCUT2D eigenvalue weighted by Crippen LogP contribution is -2.42. The topological polar surface area (TPSA) is 63.6 Å². The molecule has 4 heteroatoms. The van der Waals surface area contributed by atoms with Crippen LogP contribution in [-0.4, -0.2) is 22.6 Å². The Balaban J connectivity index is 3.38. The van der Waals surface area contributed by atoms with Gasteiger partial charge in [0.1, 0.15) is 0 Å². The summed E-state index contributed by atoms with van der Waals surface area (Å²) in [5, 5.41) is 9.33. The van der Waals surface area contributed by atoms with Gasteiger partial charge in [-0.1, -0.05) is 136 Å². The van der Waals surface area contributed by atoms with E-state index in [4.69, 9.17) is 4.74 Å². The molecule has 0 spiro atoms. The van der Waals surface area contributed by atoms with Crippen molar-refractivity contribution in [3.05, 3.63) is 0 Å². The molecule has 0 fully saturated rings. The Morgan fingerprint density at radius 3 is 1.16 bits per heavy atom. The van der Waals surface area contributed by atoms with Gasteiger partial charge in [-0.05, 0) is 19.3 Å². The summed E-state index contributed by atoms with van der Waals surface area (Å²) in [6.07, 6.45) is 26.1. The minimum atomic E-state index is -1.34. The highest BCUT2D eigenvalue weighted by atomic mass is 16.6. The molecule has 0 aliphatic heterocycles. The highest BCUT2D eigenvalue weighted by Gasteiger charge is 2.38. The summed E-state index contributed by atoms with van der Waals surface area (Å²) in [6, 6.07) is 0. The van der Waals surface area contributed by atoms with E-state index in [1.807, 2.05) is 0 Å². The highest BCUT2D eigenvalue weighted by molar-refractivity contribution is 5.81. The quantitative estimate of drug-likeness (QED) is 0.117. The standard InChI is InChI=1S/C28H54O4/c1-4-7-8-9-10-11-12-13-14-15-16-17-18-19-20-21-22-23-24-25-26(29)32-28(5-2,6-3)27(30)31/h4-25H2,1-3H3,(H,30,31). The minimum Gasteiger partial charge on any atom is -0.478 e. The fourth-order valence-corrected chi connectivity index (χ4v) is 4.36. The summed E-state index contributed by atoms with van der Waals surface area (Å²) in [4.78, 5) is 23.4. The van der Waals surface area contributed by atoms with Crippen LogP contribution in [0.4, 0.5) is 0 Å². The van der Waals surface area contributed by atoms with Crippen LogP contribution in [0.3, 0.4) is 0 Å². The zero-order valence-corrected chi connectivity index (χ0v) is 21.7. The van der Waals surface area contributed by atoms with Gasteiger partial charge in [-0.25, -0.2) is 4.79 Å². The number of unbranched alkanes of at least 4 members (excludes halogenated alkanes) is 18. The third-order valence-corrected chi connectivity index (χ3v) is 6.83. The molecule has 0 aromatic rings. The zero-order chi connectivity index (χ0) is 23.9. The van der Waals surface area contributed by atoms with E-state index < -0.39 is 11.6 Å². The summed E-state index contributed by atoms with van der Waals surface area (Å²) in [7, 11) is 0. The largest absolute Gasteiger partial charge is 0.478 e. The van der Waals surface area contributed by atoms with Gasteiger partial charge in [-0.15, -0.1) is 0 Å². The first-order valence-corrected chi connectivity index (χ1v) is 14.0. The number of carbonyl (C=O) groups is 2. The number of rotatable bonds is 24. The smallest absolute Gasteiger partial charge is 0.348 e. The first kappa shape index (κ1) is 30.9. The second kappa shape index (κ2) is 21.8. The van der Waals surface area contributed by atoms with Gasteiger partial charge in [0, 0.05) is 6.42 Å². The third kappa shape index (κ3) is 16.6. The fourth-order valence-electron chi connectivity index (χ4n) is 4.36. The Bertz CT molecular complexity index is 443. The summed E-state index contributed by atoms with van der Waals surface area (Å²) >= 11 is 0. The van der Waals surface area contributed by atoms with Gasteiger partial charge >= 0.3 is 11.9 Å². The Morgan fingerprint density at radius 2 is 0.875 bits per heavy atom. The van der Waals surface area contributed by atoms with Gasteiger partial charge in [0.15, 0.2) is 0 Å². The lowest BCUT2D eigenvalue weighted by atomic mass is 9.97. The molecule has 0 rings (SSSR count). The van der Waals surface area contributed by atoms with Gasteiger partial charge in [0.2, 0.25) is 5.60 Å². The Hall–Kier alpha value is -1.06. The molecule has 1 N–H and O–H groups in total. The molecule has 0 unspecified atom stereocenters. The normalized spacial score (nSPS) is 11.6. The monoisotopic (exact) mass is 454 g/mol. The molecule has 0 aliphatic carbocycles. The Labute approximate surface area is 199 Å². The molecular formula is C28H54O4. The van der Waals surface area contributed by atoms with E-state index in [1.165, 1.54) is 103 Å². The molecule has 32 heavy (non-hydrogen) atoms. The van der Waals surface area contributed by atoms with Crippen molar-refractivity contribution in [2.24, 2.45) is 0 Å². The Kier molecular flexibility index (Phi) is 21.0. The van der Waals surface area contributed by atoms with Gasteiger partial charge in [0.05, 0.1) is 0 Å². The van der Waals surface area contributed by atoms with Gasteiger partial charge in [0.25, 0.3) is 0 Å². The second-order valence-electron chi connectivity index (χ2n) is 9.59. The number of carbonyl (C=O) groups excluding carboxylic acids is 1. The minimum absolute atomic E-state index is 0.309. The van der Waals surface area contributed by atoms with E-state index in [2.05, 4.69) is 6.92 Å². The summed E-state index contributed by atoms with van der Waals surface area (Å²) in [5.41, 5.74) is -1.34. The third-order valence-electron chi connectivity index (χ3n) is 6.83. The second-order valence-corrected chi connectivity index (χ2v) is 9.59. The van der Waals surface area contributed by atoms with Crippen LogP contribution in [-0.2, 0) is 14.3 Å². The number of carboxylic acids is 1. The fraction of sp³-hybridized carbons (Fsp3) is 0.929. The van der Waals surface area contributed by atoms with E-state index in [1.54, 1.807) is 13.8 Å². The summed E-state index contributed by atoms with van der Waals surface area (Å²) in [6.45, 7) is 5.78. The maximum absolute atomic E-state index is 12.0. The zero-order valence-electron chi connectivity index (χ0n) is 21.7. The maximum Gasteiger partial charge on any atom is 0.348 e. The van der Waals surface area contributed by atoms with Crippen LogP contribution in [0.25, 0.3) is 0 Å². The molecule has 4 nitrogen and oxygen atoms in total. The molecule has 0 radical (unpaired) electrons. The summed E-state index contributed by atoms with van der Waals surface area (Å²) in [5.74, 6) is -1.41.